The Morgan fingerprint density at radius 1 is 1.17 bits per heavy atom. The molecule has 0 aliphatic carbocycles. The van der Waals surface area contributed by atoms with Crippen LogP contribution >= 0.6 is 11.8 Å². The molecule has 0 bridgehead atoms. The normalized spacial score (nSPS) is 12.0. The van der Waals surface area contributed by atoms with E-state index in [-0.39, 0.29) is 12.5 Å². The third kappa shape index (κ3) is 5.57. The molecular weight excluding hydrogens is 322 g/mol. The maximum atomic E-state index is 11.7. The van der Waals surface area contributed by atoms with E-state index in [1.54, 1.807) is 11.8 Å². The zero-order valence-electron chi connectivity index (χ0n) is 13.8. The van der Waals surface area contributed by atoms with Crippen molar-refractivity contribution in [3.63, 3.8) is 0 Å². The number of amides is 1. The zero-order valence-corrected chi connectivity index (χ0v) is 14.6. The van der Waals surface area contributed by atoms with Crippen molar-refractivity contribution in [1.29, 1.82) is 0 Å². The maximum Gasteiger partial charge on any atom is 0.308 e. The molecule has 2 rings (SSSR count). The molecule has 0 fully saturated rings. The zero-order chi connectivity index (χ0) is 17.4. The first-order chi connectivity index (χ1) is 11.6. The van der Waals surface area contributed by atoms with E-state index in [1.165, 1.54) is 0 Å². The van der Waals surface area contributed by atoms with Gasteiger partial charge in [0, 0.05) is 6.54 Å². The minimum absolute atomic E-state index is 0.0989. The van der Waals surface area contributed by atoms with Crippen molar-refractivity contribution in [3.05, 3.63) is 48.0 Å². The van der Waals surface area contributed by atoms with Crippen LogP contribution in [0.3, 0.4) is 0 Å². The van der Waals surface area contributed by atoms with Gasteiger partial charge in [-0.15, -0.1) is 0 Å². The largest absolute Gasteiger partial charge is 0.481 e. The van der Waals surface area contributed by atoms with Crippen LogP contribution in [0.1, 0.15) is 18.9 Å². The SMILES string of the molecule is CCCSCC(=O)NCC(Cc1ccc2ccccc2c1)C(=O)O. The van der Waals surface area contributed by atoms with Crippen LogP contribution < -0.4 is 5.32 Å². The molecule has 2 aromatic rings. The van der Waals surface area contributed by atoms with Gasteiger partial charge in [-0.2, -0.15) is 11.8 Å². The Morgan fingerprint density at radius 3 is 2.62 bits per heavy atom. The number of fused-ring (bicyclic) bond motifs is 1. The van der Waals surface area contributed by atoms with Gasteiger partial charge in [-0.05, 0) is 34.9 Å². The average Bonchev–Trinajstić information content (AvgIpc) is 2.58. The van der Waals surface area contributed by atoms with E-state index < -0.39 is 11.9 Å². The second kappa shape index (κ2) is 9.33. The van der Waals surface area contributed by atoms with Crippen molar-refractivity contribution < 1.29 is 14.7 Å². The van der Waals surface area contributed by atoms with E-state index in [0.29, 0.717) is 12.2 Å². The molecule has 2 N–H and O–H groups in total. The lowest BCUT2D eigenvalue weighted by Crippen LogP contribution is -2.35. The van der Waals surface area contributed by atoms with E-state index in [4.69, 9.17) is 0 Å². The highest BCUT2D eigenvalue weighted by Crippen LogP contribution is 2.18. The Bertz CT molecular complexity index is 702. The Morgan fingerprint density at radius 2 is 1.92 bits per heavy atom. The molecule has 4 nitrogen and oxygen atoms in total. The molecule has 2 aromatic carbocycles. The highest BCUT2D eigenvalue weighted by atomic mass is 32.2. The summed E-state index contributed by atoms with van der Waals surface area (Å²) in [4.78, 5) is 23.2. The fourth-order valence-electron chi connectivity index (χ4n) is 2.49. The standard InChI is InChI=1S/C19H23NO3S/c1-2-9-24-13-18(21)20-12-17(19(22)23)11-14-7-8-15-5-3-4-6-16(15)10-14/h3-8,10,17H,2,9,11-13H2,1H3,(H,20,21)(H,22,23). The van der Waals surface area contributed by atoms with Crippen LogP contribution in [0.4, 0.5) is 0 Å². The van der Waals surface area contributed by atoms with Crippen molar-refractivity contribution in [2.24, 2.45) is 5.92 Å². The van der Waals surface area contributed by atoms with Gasteiger partial charge in [0.15, 0.2) is 0 Å². The molecule has 0 saturated heterocycles. The number of thioether (sulfide) groups is 1. The molecule has 1 unspecified atom stereocenters. The van der Waals surface area contributed by atoms with Crippen LogP contribution in [-0.4, -0.2) is 35.0 Å². The number of carbonyl (C=O) groups is 2. The number of benzene rings is 2. The summed E-state index contributed by atoms with van der Waals surface area (Å²) in [7, 11) is 0. The van der Waals surface area contributed by atoms with Gasteiger partial charge in [0.05, 0.1) is 11.7 Å². The van der Waals surface area contributed by atoms with Crippen LogP contribution in [0.25, 0.3) is 10.8 Å². The molecule has 0 spiro atoms. The first-order valence-corrected chi connectivity index (χ1v) is 9.30. The Labute approximate surface area is 146 Å². The number of aliphatic carboxylic acids is 1. The molecule has 24 heavy (non-hydrogen) atoms. The van der Waals surface area contributed by atoms with E-state index in [1.807, 2.05) is 42.5 Å². The topological polar surface area (TPSA) is 66.4 Å². The molecule has 0 aliphatic rings. The van der Waals surface area contributed by atoms with Gasteiger partial charge in [0.2, 0.25) is 5.91 Å². The van der Waals surface area contributed by atoms with E-state index in [9.17, 15) is 14.7 Å². The summed E-state index contributed by atoms with van der Waals surface area (Å²) in [6, 6.07) is 14.0. The Balaban J connectivity index is 1.94. The first-order valence-electron chi connectivity index (χ1n) is 8.15. The van der Waals surface area contributed by atoms with Crippen LogP contribution in [0, 0.1) is 5.92 Å². The number of nitrogens with one attached hydrogen (secondary N) is 1. The third-order valence-corrected chi connectivity index (χ3v) is 4.94. The van der Waals surface area contributed by atoms with Crippen molar-refractivity contribution in [2.75, 3.05) is 18.1 Å². The van der Waals surface area contributed by atoms with E-state index in [0.717, 1.165) is 28.5 Å². The summed E-state index contributed by atoms with van der Waals surface area (Å²) >= 11 is 1.57. The van der Waals surface area contributed by atoms with Crippen molar-refractivity contribution in [2.45, 2.75) is 19.8 Å². The summed E-state index contributed by atoms with van der Waals surface area (Å²) in [5.74, 6) is -0.280. The lowest BCUT2D eigenvalue weighted by atomic mass is 9.97. The van der Waals surface area contributed by atoms with Crippen LogP contribution in [0.5, 0.6) is 0 Å². The summed E-state index contributed by atoms with van der Waals surface area (Å²) < 4.78 is 0. The number of rotatable bonds is 9. The number of hydrogen-bond acceptors (Lipinski definition) is 3. The van der Waals surface area contributed by atoms with Crippen LogP contribution in [-0.2, 0) is 16.0 Å². The summed E-state index contributed by atoms with van der Waals surface area (Å²) in [5, 5.41) is 14.4. The molecule has 1 atom stereocenters. The number of carboxylic acids is 1. The quantitative estimate of drug-likeness (QED) is 0.684. The fourth-order valence-corrected chi connectivity index (χ4v) is 3.21. The second-order valence-electron chi connectivity index (χ2n) is 5.78. The summed E-state index contributed by atoms with van der Waals surface area (Å²) in [6.45, 7) is 2.22. The molecular formula is C19H23NO3S. The molecule has 5 heteroatoms. The smallest absolute Gasteiger partial charge is 0.308 e. The maximum absolute atomic E-state index is 11.7. The summed E-state index contributed by atoms with van der Waals surface area (Å²) in [5.41, 5.74) is 0.968. The lowest BCUT2D eigenvalue weighted by molar-refractivity contribution is -0.141. The van der Waals surface area contributed by atoms with Crippen LogP contribution in [0.2, 0.25) is 0 Å². The molecule has 0 aliphatic heterocycles. The number of carboxylic acid groups (broad SMARTS) is 1. The number of carbonyl (C=O) groups excluding carboxylic acids is 1. The van der Waals surface area contributed by atoms with Gasteiger partial charge < -0.3 is 10.4 Å². The van der Waals surface area contributed by atoms with Crippen LogP contribution in [0.15, 0.2) is 42.5 Å². The van der Waals surface area contributed by atoms with Gasteiger partial charge >= 0.3 is 5.97 Å². The second-order valence-corrected chi connectivity index (χ2v) is 6.88. The Kier molecular flexibility index (Phi) is 7.12. The van der Waals surface area contributed by atoms with Gasteiger partial charge in [-0.3, -0.25) is 9.59 Å². The van der Waals surface area contributed by atoms with Crippen molar-refractivity contribution >= 4 is 34.4 Å². The van der Waals surface area contributed by atoms with Gasteiger partial charge in [0.25, 0.3) is 0 Å². The monoisotopic (exact) mass is 345 g/mol. The highest BCUT2D eigenvalue weighted by molar-refractivity contribution is 7.99. The van der Waals surface area contributed by atoms with Crippen molar-refractivity contribution in [1.82, 2.24) is 5.32 Å². The van der Waals surface area contributed by atoms with Gasteiger partial charge in [0.1, 0.15) is 0 Å². The van der Waals surface area contributed by atoms with Gasteiger partial charge in [-0.1, -0.05) is 49.4 Å². The molecule has 128 valence electrons. The molecule has 0 heterocycles. The predicted molar refractivity (Wildman–Crippen MR) is 99.4 cm³/mol. The average molecular weight is 345 g/mol. The van der Waals surface area contributed by atoms with E-state index in [2.05, 4.69) is 12.2 Å². The summed E-state index contributed by atoms with van der Waals surface area (Å²) in [6.07, 6.45) is 1.43. The first kappa shape index (κ1) is 18.3. The number of hydrogen-bond donors (Lipinski definition) is 2. The highest BCUT2D eigenvalue weighted by Gasteiger charge is 2.19. The van der Waals surface area contributed by atoms with E-state index >= 15 is 0 Å². The minimum atomic E-state index is -0.885. The van der Waals surface area contributed by atoms with Crippen molar-refractivity contribution in [3.8, 4) is 0 Å². The Hall–Kier alpha value is -2.01. The fraction of sp³-hybridized carbons (Fsp3) is 0.368. The molecule has 0 radical (unpaired) electrons. The lowest BCUT2D eigenvalue weighted by Gasteiger charge is -2.14. The molecule has 0 aromatic heterocycles. The molecule has 0 saturated carbocycles. The van der Waals surface area contributed by atoms with Gasteiger partial charge in [-0.25, -0.2) is 0 Å². The minimum Gasteiger partial charge on any atom is -0.481 e. The third-order valence-electron chi connectivity index (χ3n) is 3.77. The predicted octanol–water partition coefficient (Wildman–Crippen LogP) is 3.34. The molecule has 1 amide bonds.